The van der Waals surface area contributed by atoms with Crippen LogP contribution >= 0.6 is 0 Å². The molecule has 2 fully saturated rings. The van der Waals surface area contributed by atoms with Gasteiger partial charge < -0.3 is 9.64 Å². The minimum absolute atomic E-state index is 0.534. The molecule has 0 radical (unpaired) electrons. The fourth-order valence-electron chi connectivity index (χ4n) is 2.33. The fraction of sp³-hybridized carbons (Fsp3) is 0.900. The van der Waals surface area contributed by atoms with Crippen LogP contribution in [0.25, 0.3) is 0 Å². The summed E-state index contributed by atoms with van der Waals surface area (Å²) in [5, 5.41) is 0. The maximum absolute atomic E-state index is 5.56. The van der Waals surface area contributed by atoms with E-state index in [1.165, 1.54) is 25.7 Å². The Morgan fingerprint density at radius 1 is 1.17 bits per heavy atom. The maximum atomic E-state index is 5.56. The van der Waals surface area contributed by atoms with Gasteiger partial charge in [-0.2, -0.15) is 0 Å². The third-order valence-electron chi connectivity index (χ3n) is 3.32. The summed E-state index contributed by atoms with van der Waals surface area (Å²) in [5.41, 5.74) is 0.534. The Kier molecular flexibility index (Phi) is 2.37. The second-order valence-electron chi connectivity index (χ2n) is 4.27. The van der Waals surface area contributed by atoms with Crippen LogP contribution in [0.5, 0.6) is 0 Å². The summed E-state index contributed by atoms with van der Waals surface area (Å²) in [6.45, 7) is 4.30. The molecule has 0 aromatic rings. The molecule has 2 heteroatoms. The predicted octanol–water partition coefficient (Wildman–Crippen LogP) is 1.67. The molecule has 0 amide bonds. The zero-order valence-electron chi connectivity index (χ0n) is 7.72. The van der Waals surface area contributed by atoms with Crippen molar-refractivity contribution in [2.75, 3.05) is 26.3 Å². The lowest BCUT2D eigenvalue weighted by molar-refractivity contribution is -0.0370. The molecule has 0 unspecified atom stereocenters. The summed E-state index contributed by atoms with van der Waals surface area (Å²) in [7, 11) is 3.97. The minimum atomic E-state index is 0.534. The van der Waals surface area contributed by atoms with Gasteiger partial charge in [0.25, 0.3) is 0 Å². The minimum Gasteiger partial charge on any atom is -0.459 e. The van der Waals surface area contributed by atoms with Crippen molar-refractivity contribution in [1.82, 2.24) is 4.90 Å². The Hall–Kier alpha value is -0.0800. The van der Waals surface area contributed by atoms with Crippen LogP contribution in [-0.4, -0.2) is 31.2 Å². The summed E-state index contributed by atoms with van der Waals surface area (Å²) in [5.74, 6) is 0. The van der Waals surface area contributed by atoms with E-state index in [1.807, 2.05) is 0 Å². The molecule has 0 aromatic carbocycles. The molecule has 0 N–H and O–H groups in total. The Bertz CT molecular complexity index is 142. The van der Waals surface area contributed by atoms with E-state index < -0.39 is 0 Å². The molecule has 70 valence electrons. The van der Waals surface area contributed by atoms with Gasteiger partial charge in [-0.05, 0) is 44.2 Å². The maximum Gasteiger partial charge on any atom is 0.0523 e. The first kappa shape index (κ1) is 8.52. The lowest BCUT2D eigenvalue weighted by Crippen LogP contribution is -2.42. The lowest BCUT2D eigenvalue weighted by Gasteiger charge is -2.45. The lowest BCUT2D eigenvalue weighted by atomic mass is 9.74. The first-order chi connectivity index (χ1) is 5.81. The highest BCUT2D eigenvalue weighted by Gasteiger charge is 2.34. The Labute approximate surface area is 74.9 Å². The normalized spacial score (nSPS) is 30.8. The van der Waals surface area contributed by atoms with E-state index >= 15 is 0 Å². The van der Waals surface area contributed by atoms with E-state index in [-0.39, 0.29) is 0 Å². The second-order valence-corrected chi connectivity index (χ2v) is 4.27. The summed E-state index contributed by atoms with van der Waals surface area (Å²) >= 11 is 0. The average Bonchev–Trinajstić information content (AvgIpc) is 2.13. The molecule has 1 spiro atoms. The van der Waals surface area contributed by atoms with E-state index in [1.54, 1.807) is 0 Å². The Morgan fingerprint density at radius 2 is 1.92 bits per heavy atom. The number of hydrogen-bond donors (Lipinski definition) is 0. The molecule has 2 nitrogen and oxygen atoms in total. The van der Waals surface area contributed by atoms with Crippen LogP contribution in [-0.2, 0) is 4.74 Å². The quantitative estimate of drug-likeness (QED) is 0.510. The van der Waals surface area contributed by atoms with Gasteiger partial charge in [0.05, 0.1) is 6.61 Å². The Balaban J connectivity index is 1.92. The number of likely N-dealkylation sites (tertiary alicyclic amines) is 1. The van der Waals surface area contributed by atoms with Crippen LogP contribution in [0, 0.1) is 12.5 Å². The summed E-state index contributed by atoms with van der Waals surface area (Å²) in [4.78, 5) is 2.18. The second kappa shape index (κ2) is 3.35. The smallest absolute Gasteiger partial charge is 0.0523 e. The SMILES string of the molecule is [CH2-]N1CCC2(CCCOC2)CC1. The Morgan fingerprint density at radius 3 is 2.50 bits per heavy atom. The topological polar surface area (TPSA) is 12.5 Å². The number of rotatable bonds is 0. The van der Waals surface area contributed by atoms with Gasteiger partial charge in [-0.25, -0.2) is 0 Å². The molecule has 2 aliphatic heterocycles. The molecule has 2 saturated heterocycles. The van der Waals surface area contributed by atoms with Gasteiger partial charge in [0.15, 0.2) is 0 Å². The zero-order valence-corrected chi connectivity index (χ0v) is 7.72. The first-order valence-electron chi connectivity index (χ1n) is 4.94. The van der Waals surface area contributed by atoms with Crippen molar-refractivity contribution in [3.63, 3.8) is 0 Å². The van der Waals surface area contributed by atoms with Gasteiger partial charge in [0.2, 0.25) is 0 Å². The van der Waals surface area contributed by atoms with Crippen LogP contribution < -0.4 is 0 Å². The molecule has 2 rings (SSSR count). The van der Waals surface area contributed by atoms with Crippen molar-refractivity contribution in [1.29, 1.82) is 0 Å². The zero-order chi connectivity index (χ0) is 8.44. The van der Waals surface area contributed by atoms with Crippen LogP contribution in [0.4, 0.5) is 0 Å². The van der Waals surface area contributed by atoms with Crippen molar-refractivity contribution in [3.8, 4) is 0 Å². The van der Waals surface area contributed by atoms with E-state index in [0.29, 0.717) is 5.41 Å². The van der Waals surface area contributed by atoms with Crippen LogP contribution in [0.1, 0.15) is 25.7 Å². The number of hydrogen-bond acceptors (Lipinski definition) is 2. The molecule has 2 aliphatic rings. The van der Waals surface area contributed by atoms with Gasteiger partial charge in [0.1, 0.15) is 0 Å². The van der Waals surface area contributed by atoms with E-state index in [9.17, 15) is 0 Å². The highest BCUT2D eigenvalue weighted by atomic mass is 16.5. The van der Waals surface area contributed by atoms with Crippen molar-refractivity contribution in [2.45, 2.75) is 25.7 Å². The molecule has 2 heterocycles. The number of nitrogens with zero attached hydrogens (tertiary/aromatic N) is 1. The average molecular weight is 168 g/mol. The van der Waals surface area contributed by atoms with E-state index in [0.717, 1.165) is 26.3 Å². The highest BCUT2D eigenvalue weighted by molar-refractivity contribution is 4.87. The predicted molar refractivity (Wildman–Crippen MR) is 48.7 cm³/mol. The summed E-state index contributed by atoms with van der Waals surface area (Å²) < 4.78 is 5.56. The molecule has 0 saturated carbocycles. The van der Waals surface area contributed by atoms with Crippen molar-refractivity contribution >= 4 is 0 Å². The monoisotopic (exact) mass is 168 g/mol. The largest absolute Gasteiger partial charge is 0.459 e. The van der Waals surface area contributed by atoms with Gasteiger partial charge >= 0.3 is 0 Å². The molecule has 0 aromatic heterocycles. The van der Waals surface area contributed by atoms with E-state index in [2.05, 4.69) is 11.9 Å². The van der Waals surface area contributed by atoms with Crippen LogP contribution in [0.15, 0.2) is 0 Å². The standard InChI is InChI=1S/C10H18NO/c1-11-6-4-10(5-7-11)3-2-8-12-9-10/h1-9H2/q-1. The van der Waals surface area contributed by atoms with Crippen molar-refractivity contribution in [3.05, 3.63) is 7.05 Å². The molecular formula is C10H18NO-. The summed E-state index contributed by atoms with van der Waals surface area (Å²) in [6, 6.07) is 0. The summed E-state index contributed by atoms with van der Waals surface area (Å²) in [6.07, 6.45) is 5.21. The third-order valence-corrected chi connectivity index (χ3v) is 3.32. The highest BCUT2D eigenvalue weighted by Crippen LogP contribution is 2.38. The first-order valence-corrected chi connectivity index (χ1v) is 4.94. The molecular weight excluding hydrogens is 150 g/mol. The molecule has 0 atom stereocenters. The van der Waals surface area contributed by atoms with Gasteiger partial charge in [0, 0.05) is 6.61 Å². The third kappa shape index (κ3) is 1.64. The molecule has 0 bridgehead atoms. The number of piperidine rings is 1. The fourth-order valence-corrected chi connectivity index (χ4v) is 2.33. The molecule has 0 aliphatic carbocycles. The van der Waals surface area contributed by atoms with Gasteiger partial charge in [-0.15, -0.1) is 0 Å². The van der Waals surface area contributed by atoms with Gasteiger partial charge in [-0.1, -0.05) is 0 Å². The van der Waals surface area contributed by atoms with Crippen LogP contribution in [0.3, 0.4) is 0 Å². The van der Waals surface area contributed by atoms with Crippen LogP contribution in [0.2, 0.25) is 0 Å². The van der Waals surface area contributed by atoms with Crippen molar-refractivity contribution in [2.24, 2.45) is 5.41 Å². The van der Waals surface area contributed by atoms with Gasteiger partial charge in [-0.3, -0.25) is 7.05 Å². The number of ether oxygens (including phenoxy) is 1. The molecule has 12 heavy (non-hydrogen) atoms. The van der Waals surface area contributed by atoms with E-state index in [4.69, 9.17) is 4.74 Å². The van der Waals surface area contributed by atoms with Crippen molar-refractivity contribution < 1.29 is 4.74 Å².